The number of nitrogens with zero attached hydrogens (tertiary/aromatic N) is 2. The van der Waals surface area contributed by atoms with Crippen LogP contribution in [0.2, 0.25) is 0 Å². The highest BCUT2D eigenvalue weighted by atomic mass is 16.6. The highest BCUT2D eigenvalue weighted by Gasteiger charge is 2.38. The van der Waals surface area contributed by atoms with Crippen molar-refractivity contribution >= 4 is 17.3 Å². The van der Waals surface area contributed by atoms with E-state index in [1.165, 1.54) is 18.9 Å². The molecule has 1 N–H and O–H groups in total. The first kappa shape index (κ1) is 19.8. The van der Waals surface area contributed by atoms with E-state index in [2.05, 4.69) is 23.5 Å². The summed E-state index contributed by atoms with van der Waals surface area (Å²) in [6.45, 7) is 1.68. The van der Waals surface area contributed by atoms with Crippen molar-refractivity contribution in [3.05, 3.63) is 81.4 Å². The fourth-order valence-electron chi connectivity index (χ4n) is 5.35. The number of rotatable bonds is 3. The summed E-state index contributed by atoms with van der Waals surface area (Å²) in [6.07, 6.45) is 9.90. The van der Waals surface area contributed by atoms with Gasteiger partial charge in [-0.05, 0) is 54.5 Å². The SMILES string of the molecule is O=C(c1ccc2c(c1)[C@@H]1C=CC[C@@H]1[C@H](c1cccc([N+](=O)[O-])c1)N2)N1CCCCCC1. The number of carbonyl (C=O) groups excluding carboxylic acids is 1. The lowest BCUT2D eigenvalue weighted by atomic mass is 9.76. The van der Waals surface area contributed by atoms with Crippen molar-refractivity contribution in [1.29, 1.82) is 0 Å². The summed E-state index contributed by atoms with van der Waals surface area (Å²) in [4.78, 5) is 26.1. The first-order valence-corrected chi connectivity index (χ1v) is 11.2. The average Bonchev–Trinajstić information content (AvgIpc) is 3.13. The van der Waals surface area contributed by atoms with Gasteiger partial charge in [-0.1, -0.05) is 37.1 Å². The highest BCUT2D eigenvalue weighted by Crippen LogP contribution is 2.50. The predicted octanol–water partition coefficient (Wildman–Crippen LogP) is 5.44. The maximum Gasteiger partial charge on any atom is 0.269 e. The van der Waals surface area contributed by atoms with Crippen LogP contribution in [-0.2, 0) is 0 Å². The Labute approximate surface area is 182 Å². The van der Waals surface area contributed by atoms with Gasteiger partial charge in [-0.2, -0.15) is 0 Å². The van der Waals surface area contributed by atoms with Gasteiger partial charge in [0.15, 0.2) is 0 Å². The van der Waals surface area contributed by atoms with Gasteiger partial charge in [0.2, 0.25) is 0 Å². The van der Waals surface area contributed by atoms with Gasteiger partial charge in [0.05, 0.1) is 11.0 Å². The van der Waals surface area contributed by atoms with Gasteiger partial charge in [0.1, 0.15) is 0 Å². The Balaban J connectivity index is 1.46. The first-order valence-electron chi connectivity index (χ1n) is 11.2. The van der Waals surface area contributed by atoms with Crippen LogP contribution >= 0.6 is 0 Å². The molecular formula is C25H27N3O3. The summed E-state index contributed by atoms with van der Waals surface area (Å²) in [5, 5.41) is 14.9. The Morgan fingerprint density at radius 3 is 2.65 bits per heavy atom. The van der Waals surface area contributed by atoms with Gasteiger partial charge in [-0.25, -0.2) is 0 Å². The molecule has 31 heavy (non-hydrogen) atoms. The second-order valence-corrected chi connectivity index (χ2v) is 8.84. The number of benzene rings is 2. The molecule has 1 aliphatic carbocycles. The van der Waals surface area contributed by atoms with Crippen molar-refractivity contribution < 1.29 is 9.72 Å². The molecule has 6 heteroatoms. The molecule has 0 bridgehead atoms. The number of fused-ring (bicyclic) bond motifs is 3. The third kappa shape index (κ3) is 3.71. The highest BCUT2D eigenvalue weighted by molar-refractivity contribution is 5.95. The van der Waals surface area contributed by atoms with E-state index in [0.717, 1.165) is 54.7 Å². The standard InChI is InChI=1S/C25H27N3O3/c29-25(27-13-3-1-2-4-14-27)18-11-12-23-22(16-18)20-9-6-10-21(20)24(26-23)17-7-5-8-19(15-17)28(30)31/h5-9,11-12,15-16,20-21,24,26H,1-4,10,13-14H2/t20-,21+,24+/m1/s1. The Morgan fingerprint density at radius 1 is 1.06 bits per heavy atom. The molecule has 3 atom stereocenters. The average molecular weight is 418 g/mol. The minimum Gasteiger partial charge on any atom is -0.378 e. The van der Waals surface area contributed by atoms with Crippen molar-refractivity contribution in [3.63, 3.8) is 0 Å². The molecule has 2 aromatic carbocycles. The Kier molecular flexibility index (Phi) is 5.22. The van der Waals surface area contributed by atoms with Crippen LogP contribution < -0.4 is 5.32 Å². The fourth-order valence-corrected chi connectivity index (χ4v) is 5.35. The summed E-state index contributed by atoms with van der Waals surface area (Å²) >= 11 is 0. The topological polar surface area (TPSA) is 75.5 Å². The zero-order valence-electron chi connectivity index (χ0n) is 17.5. The lowest BCUT2D eigenvalue weighted by Gasteiger charge is -2.37. The Hall–Kier alpha value is -3.15. The molecule has 1 saturated heterocycles. The number of amides is 1. The fraction of sp³-hybridized carbons (Fsp3) is 0.400. The van der Waals surface area contributed by atoms with E-state index in [4.69, 9.17) is 0 Å². The molecule has 2 heterocycles. The molecular weight excluding hydrogens is 390 g/mol. The normalized spacial score (nSPS) is 24.6. The third-order valence-electron chi connectivity index (χ3n) is 6.94. The summed E-state index contributed by atoms with van der Waals surface area (Å²) in [7, 11) is 0. The van der Waals surface area contributed by atoms with E-state index in [9.17, 15) is 14.9 Å². The molecule has 1 amide bonds. The third-order valence-corrected chi connectivity index (χ3v) is 6.94. The van der Waals surface area contributed by atoms with E-state index in [1.54, 1.807) is 12.1 Å². The summed E-state index contributed by atoms with van der Waals surface area (Å²) in [6, 6.07) is 12.9. The zero-order chi connectivity index (χ0) is 21.4. The Morgan fingerprint density at radius 2 is 1.87 bits per heavy atom. The van der Waals surface area contributed by atoms with E-state index >= 15 is 0 Å². The lowest BCUT2D eigenvalue weighted by molar-refractivity contribution is -0.384. The number of hydrogen-bond acceptors (Lipinski definition) is 4. The number of likely N-dealkylation sites (tertiary alicyclic amines) is 1. The molecule has 1 fully saturated rings. The number of non-ortho nitro benzene ring substituents is 1. The first-order chi connectivity index (χ1) is 15.1. The van der Waals surface area contributed by atoms with E-state index in [-0.39, 0.29) is 34.4 Å². The number of nitro benzene ring substituents is 1. The van der Waals surface area contributed by atoms with Gasteiger partial charge >= 0.3 is 0 Å². The minimum atomic E-state index is -0.342. The second-order valence-electron chi connectivity index (χ2n) is 8.84. The maximum absolute atomic E-state index is 13.1. The van der Waals surface area contributed by atoms with Crippen LogP contribution in [0.3, 0.4) is 0 Å². The smallest absolute Gasteiger partial charge is 0.269 e. The van der Waals surface area contributed by atoms with Gasteiger partial charge in [0, 0.05) is 42.4 Å². The predicted molar refractivity (Wildman–Crippen MR) is 120 cm³/mol. The monoisotopic (exact) mass is 417 g/mol. The molecule has 160 valence electrons. The molecule has 0 saturated carbocycles. The number of allylic oxidation sites excluding steroid dienone is 2. The number of hydrogen-bond donors (Lipinski definition) is 1. The van der Waals surface area contributed by atoms with Crippen molar-refractivity contribution in [3.8, 4) is 0 Å². The number of nitrogens with one attached hydrogen (secondary N) is 1. The molecule has 6 nitrogen and oxygen atoms in total. The van der Waals surface area contributed by atoms with Crippen LogP contribution in [0.1, 0.15) is 65.5 Å². The number of anilines is 1. The van der Waals surface area contributed by atoms with Gasteiger partial charge in [-0.3, -0.25) is 14.9 Å². The molecule has 2 aromatic rings. The van der Waals surface area contributed by atoms with E-state index in [1.807, 2.05) is 23.1 Å². The summed E-state index contributed by atoms with van der Waals surface area (Å²) < 4.78 is 0. The van der Waals surface area contributed by atoms with E-state index < -0.39 is 0 Å². The number of carbonyl (C=O) groups is 1. The minimum absolute atomic E-state index is 0.000409. The molecule has 0 unspecified atom stereocenters. The summed E-state index contributed by atoms with van der Waals surface area (Å²) in [5.74, 6) is 0.611. The van der Waals surface area contributed by atoms with Crippen LogP contribution in [0.5, 0.6) is 0 Å². The van der Waals surface area contributed by atoms with Crippen LogP contribution in [0.15, 0.2) is 54.6 Å². The molecule has 5 rings (SSSR count). The van der Waals surface area contributed by atoms with Crippen molar-refractivity contribution in [2.75, 3.05) is 18.4 Å². The van der Waals surface area contributed by atoms with Crippen molar-refractivity contribution in [1.82, 2.24) is 4.90 Å². The van der Waals surface area contributed by atoms with Crippen LogP contribution in [0.25, 0.3) is 0 Å². The largest absolute Gasteiger partial charge is 0.378 e. The van der Waals surface area contributed by atoms with Crippen molar-refractivity contribution in [2.24, 2.45) is 5.92 Å². The van der Waals surface area contributed by atoms with Crippen LogP contribution in [-0.4, -0.2) is 28.8 Å². The van der Waals surface area contributed by atoms with Crippen LogP contribution in [0, 0.1) is 16.0 Å². The second kappa shape index (κ2) is 8.17. The van der Waals surface area contributed by atoms with Crippen LogP contribution in [0.4, 0.5) is 11.4 Å². The molecule has 0 radical (unpaired) electrons. The number of nitro groups is 1. The van der Waals surface area contributed by atoms with Gasteiger partial charge in [0.25, 0.3) is 11.6 Å². The molecule has 0 aromatic heterocycles. The summed E-state index contributed by atoms with van der Waals surface area (Å²) in [5.41, 5.74) is 3.97. The zero-order valence-corrected chi connectivity index (χ0v) is 17.5. The van der Waals surface area contributed by atoms with Gasteiger partial charge in [-0.15, -0.1) is 0 Å². The maximum atomic E-state index is 13.1. The molecule has 2 aliphatic heterocycles. The van der Waals surface area contributed by atoms with E-state index in [0.29, 0.717) is 0 Å². The van der Waals surface area contributed by atoms with Crippen molar-refractivity contribution in [2.45, 2.75) is 44.1 Å². The quantitative estimate of drug-likeness (QED) is 0.410. The lowest BCUT2D eigenvalue weighted by Crippen LogP contribution is -2.33. The van der Waals surface area contributed by atoms with Gasteiger partial charge < -0.3 is 10.2 Å². The molecule has 0 spiro atoms. The molecule has 3 aliphatic rings. The Bertz CT molecular complexity index is 1040.